The molecule has 9 heteroatoms. The smallest absolute Gasteiger partial charge is 0.254 e. The van der Waals surface area contributed by atoms with E-state index in [2.05, 4.69) is 10.1 Å². The first-order valence-corrected chi connectivity index (χ1v) is 10.5. The van der Waals surface area contributed by atoms with Crippen molar-refractivity contribution in [3.8, 4) is 28.3 Å². The number of nitrogens with zero attached hydrogens (tertiary/aromatic N) is 3. The van der Waals surface area contributed by atoms with Crippen LogP contribution in [0, 0.1) is 5.82 Å². The van der Waals surface area contributed by atoms with Crippen molar-refractivity contribution in [2.24, 2.45) is 5.73 Å². The lowest BCUT2D eigenvalue weighted by atomic mass is 9.90. The van der Waals surface area contributed by atoms with Gasteiger partial charge in [-0.15, -0.1) is 0 Å². The minimum absolute atomic E-state index is 0.0989. The maximum atomic E-state index is 14.4. The Hall–Kier alpha value is -3.98. The third kappa shape index (κ3) is 3.46. The number of hydrogen-bond donors (Lipinski definition) is 3. The number of nitrogens with two attached hydrogens (primary N) is 2. The van der Waals surface area contributed by atoms with E-state index in [-0.39, 0.29) is 17.4 Å². The number of carbonyl (C=O) groups excluding carboxylic acids is 1. The standard InChI is InChI=1S/C24H22FN5O3/c1-33-20-11-19(15-4-2-3-5-17(15)25)28-18-8-12(6-7-16(18)20)22-21(24(27)32)23(26)30(29-22)13-9-14(31)10-13/h2-8,11,13-14,31H,9-10,26H2,1H3,(H2,27,32). The Bertz CT molecular complexity index is 1390. The number of primary amides is 1. The van der Waals surface area contributed by atoms with Crippen LogP contribution in [0.5, 0.6) is 5.75 Å². The molecular weight excluding hydrogens is 425 g/mol. The second kappa shape index (κ2) is 7.86. The normalized spacial score (nSPS) is 17.7. The molecule has 1 fully saturated rings. The molecule has 5 N–H and O–H groups in total. The molecule has 0 saturated heterocycles. The van der Waals surface area contributed by atoms with E-state index in [4.69, 9.17) is 16.2 Å². The molecule has 1 saturated carbocycles. The van der Waals surface area contributed by atoms with Crippen LogP contribution in [0.4, 0.5) is 10.2 Å². The number of rotatable bonds is 5. The van der Waals surface area contributed by atoms with Crippen molar-refractivity contribution < 1.29 is 19.0 Å². The van der Waals surface area contributed by atoms with Gasteiger partial charge in [-0.05, 0) is 37.1 Å². The second-order valence-electron chi connectivity index (χ2n) is 8.12. The molecule has 2 aromatic heterocycles. The number of amides is 1. The monoisotopic (exact) mass is 447 g/mol. The maximum absolute atomic E-state index is 14.4. The maximum Gasteiger partial charge on any atom is 0.254 e. The number of anilines is 1. The number of aromatic nitrogens is 3. The van der Waals surface area contributed by atoms with Crippen LogP contribution in [0.1, 0.15) is 29.2 Å². The first-order valence-electron chi connectivity index (χ1n) is 10.5. The summed E-state index contributed by atoms with van der Waals surface area (Å²) < 4.78 is 21.5. The minimum atomic E-state index is -0.695. The zero-order chi connectivity index (χ0) is 23.3. The van der Waals surface area contributed by atoms with Crippen LogP contribution in [0.3, 0.4) is 0 Å². The lowest BCUT2D eigenvalue weighted by Gasteiger charge is -2.32. The van der Waals surface area contributed by atoms with E-state index < -0.39 is 17.8 Å². The molecule has 5 rings (SSSR count). The lowest BCUT2D eigenvalue weighted by molar-refractivity contribution is 0.0445. The molecular formula is C24H22FN5O3. The minimum Gasteiger partial charge on any atom is -0.496 e. The van der Waals surface area contributed by atoms with Crippen LogP contribution in [0.2, 0.25) is 0 Å². The highest BCUT2D eigenvalue weighted by molar-refractivity contribution is 6.04. The number of fused-ring (bicyclic) bond motifs is 1. The predicted octanol–water partition coefficient (Wildman–Crippen LogP) is 3.29. The number of aliphatic hydroxyl groups excluding tert-OH is 1. The molecule has 2 heterocycles. The highest BCUT2D eigenvalue weighted by Crippen LogP contribution is 2.38. The summed E-state index contributed by atoms with van der Waals surface area (Å²) in [6.45, 7) is 0. The van der Waals surface area contributed by atoms with E-state index in [1.165, 1.54) is 13.2 Å². The molecule has 2 aromatic carbocycles. The number of benzene rings is 2. The van der Waals surface area contributed by atoms with E-state index in [0.717, 1.165) is 5.39 Å². The number of nitrogen functional groups attached to an aromatic ring is 1. The fourth-order valence-electron chi connectivity index (χ4n) is 4.25. The van der Waals surface area contributed by atoms with Gasteiger partial charge in [-0.2, -0.15) is 5.10 Å². The molecule has 0 spiro atoms. The molecule has 33 heavy (non-hydrogen) atoms. The van der Waals surface area contributed by atoms with Gasteiger partial charge in [0.05, 0.1) is 30.5 Å². The van der Waals surface area contributed by atoms with Crippen molar-refractivity contribution in [3.63, 3.8) is 0 Å². The molecule has 8 nitrogen and oxygen atoms in total. The van der Waals surface area contributed by atoms with Gasteiger partial charge in [-0.25, -0.2) is 14.1 Å². The summed E-state index contributed by atoms with van der Waals surface area (Å²) in [7, 11) is 1.54. The average molecular weight is 447 g/mol. The van der Waals surface area contributed by atoms with Crippen molar-refractivity contribution in [2.45, 2.75) is 25.0 Å². The van der Waals surface area contributed by atoms with Crippen LogP contribution < -0.4 is 16.2 Å². The van der Waals surface area contributed by atoms with Gasteiger partial charge in [0.2, 0.25) is 0 Å². The van der Waals surface area contributed by atoms with Crippen LogP contribution >= 0.6 is 0 Å². The quantitative estimate of drug-likeness (QED) is 0.431. The Kier molecular flexibility index (Phi) is 4.98. The van der Waals surface area contributed by atoms with Gasteiger partial charge in [0.1, 0.15) is 28.6 Å². The predicted molar refractivity (Wildman–Crippen MR) is 122 cm³/mol. The summed E-state index contributed by atoms with van der Waals surface area (Å²) in [4.78, 5) is 16.9. The van der Waals surface area contributed by atoms with Crippen LogP contribution in [-0.4, -0.2) is 39.0 Å². The topological polar surface area (TPSA) is 129 Å². The Balaban J connectivity index is 1.68. The largest absolute Gasteiger partial charge is 0.496 e. The fourth-order valence-corrected chi connectivity index (χ4v) is 4.25. The van der Waals surface area contributed by atoms with E-state index in [0.29, 0.717) is 46.6 Å². The van der Waals surface area contributed by atoms with Gasteiger partial charge < -0.3 is 21.3 Å². The van der Waals surface area contributed by atoms with Gasteiger partial charge in [0.25, 0.3) is 5.91 Å². The number of aliphatic hydroxyl groups is 1. The summed E-state index contributed by atoms with van der Waals surface area (Å²) in [5, 5.41) is 14.9. The van der Waals surface area contributed by atoms with Gasteiger partial charge >= 0.3 is 0 Å². The molecule has 0 bridgehead atoms. The highest BCUT2D eigenvalue weighted by atomic mass is 19.1. The van der Waals surface area contributed by atoms with Crippen molar-refractivity contribution in [3.05, 3.63) is 59.9 Å². The number of methoxy groups -OCH3 is 1. The zero-order valence-corrected chi connectivity index (χ0v) is 17.8. The lowest BCUT2D eigenvalue weighted by Crippen LogP contribution is -2.32. The molecule has 0 radical (unpaired) electrons. The van der Waals surface area contributed by atoms with E-state index in [1.807, 2.05) is 0 Å². The summed E-state index contributed by atoms with van der Waals surface area (Å²) in [5.41, 5.74) is 14.2. The van der Waals surface area contributed by atoms with Gasteiger partial charge in [-0.3, -0.25) is 4.79 Å². The number of ether oxygens (including phenoxy) is 1. The van der Waals surface area contributed by atoms with Gasteiger partial charge in [0, 0.05) is 22.6 Å². The van der Waals surface area contributed by atoms with Crippen molar-refractivity contribution in [1.82, 2.24) is 14.8 Å². The third-order valence-corrected chi connectivity index (χ3v) is 6.04. The molecule has 0 unspecified atom stereocenters. The Morgan fingerprint density at radius 1 is 1.21 bits per heavy atom. The molecule has 168 valence electrons. The van der Waals surface area contributed by atoms with Crippen LogP contribution in [0.25, 0.3) is 33.4 Å². The fraction of sp³-hybridized carbons (Fsp3) is 0.208. The molecule has 0 aliphatic heterocycles. The van der Waals surface area contributed by atoms with Crippen molar-refractivity contribution >= 4 is 22.6 Å². The van der Waals surface area contributed by atoms with Crippen molar-refractivity contribution in [2.75, 3.05) is 12.8 Å². The molecule has 1 aliphatic rings. The highest BCUT2D eigenvalue weighted by Gasteiger charge is 2.33. The first-order chi connectivity index (χ1) is 15.9. The Labute approximate surface area is 188 Å². The first kappa shape index (κ1) is 20.9. The number of pyridine rings is 1. The Morgan fingerprint density at radius 2 is 1.97 bits per heavy atom. The van der Waals surface area contributed by atoms with E-state index >= 15 is 0 Å². The van der Waals surface area contributed by atoms with Crippen LogP contribution in [0.15, 0.2) is 48.5 Å². The third-order valence-electron chi connectivity index (χ3n) is 6.04. The van der Waals surface area contributed by atoms with Gasteiger partial charge in [-0.1, -0.05) is 18.2 Å². The summed E-state index contributed by atoms with van der Waals surface area (Å²) in [5.74, 6) is -0.388. The number of halogens is 1. The summed E-state index contributed by atoms with van der Waals surface area (Å²) >= 11 is 0. The Morgan fingerprint density at radius 3 is 2.64 bits per heavy atom. The number of carbonyl (C=O) groups is 1. The van der Waals surface area contributed by atoms with E-state index in [9.17, 15) is 14.3 Å². The SMILES string of the molecule is COc1cc(-c2ccccc2F)nc2cc(-c3nn(C4CC(O)C4)c(N)c3C(N)=O)ccc12. The number of hydrogen-bond acceptors (Lipinski definition) is 6. The van der Waals surface area contributed by atoms with E-state index in [1.54, 1.807) is 47.1 Å². The van der Waals surface area contributed by atoms with Gasteiger partial charge in [0.15, 0.2) is 0 Å². The average Bonchev–Trinajstić information content (AvgIpc) is 3.13. The van der Waals surface area contributed by atoms with Crippen LogP contribution in [-0.2, 0) is 0 Å². The summed E-state index contributed by atoms with van der Waals surface area (Å²) in [6, 6.07) is 13.3. The van der Waals surface area contributed by atoms with Crippen molar-refractivity contribution in [1.29, 1.82) is 0 Å². The summed E-state index contributed by atoms with van der Waals surface area (Å²) in [6.07, 6.45) is 0.603. The second-order valence-corrected chi connectivity index (χ2v) is 8.12. The molecule has 4 aromatic rings. The molecule has 1 aliphatic carbocycles. The zero-order valence-electron chi connectivity index (χ0n) is 17.8. The molecule has 1 amide bonds. The molecule has 0 atom stereocenters.